The topological polar surface area (TPSA) is 49.3 Å². The molecule has 0 amide bonds. The Hall–Kier alpha value is -0.870. The highest BCUT2D eigenvalue weighted by molar-refractivity contribution is 7.14. The Morgan fingerprint density at radius 1 is 1.53 bits per heavy atom. The fourth-order valence-electron chi connectivity index (χ4n) is 1.37. The number of carboxylic acid groups (broad SMARTS) is 1. The molecule has 1 heterocycles. The zero-order valence-corrected chi connectivity index (χ0v) is 11.9. The van der Waals surface area contributed by atoms with Crippen molar-refractivity contribution in [2.45, 2.75) is 47.2 Å². The molecule has 1 rings (SSSR count). The number of hydrogen-bond donors (Lipinski definition) is 2. The highest BCUT2D eigenvalue weighted by Gasteiger charge is 2.20. The second-order valence-corrected chi connectivity index (χ2v) is 6.72. The van der Waals surface area contributed by atoms with Crippen LogP contribution >= 0.6 is 11.3 Å². The number of hydrogen-bond acceptors (Lipinski definition) is 3. The first-order valence-electron chi connectivity index (χ1n) is 5.78. The Kier molecular flexibility index (Phi) is 4.33. The lowest BCUT2D eigenvalue weighted by molar-refractivity contribution is 0.0702. The Balaban J connectivity index is 2.67. The molecule has 0 aliphatic carbocycles. The standard InChI is InChI=1S/C13H21NO2S/c1-8-10(6-11(17-8)12(15)16)7-14-9(2)13(3,4)5/h6,9,14H,7H2,1-5H3,(H,15,16). The summed E-state index contributed by atoms with van der Waals surface area (Å²) in [5.74, 6) is -0.840. The van der Waals surface area contributed by atoms with Crippen LogP contribution in [0.15, 0.2) is 6.07 Å². The van der Waals surface area contributed by atoms with Crippen LogP contribution in [0.5, 0.6) is 0 Å². The quantitative estimate of drug-likeness (QED) is 0.868. The molecular weight excluding hydrogens is 234 g/mol. The lowest BCUT2D eigenvalue weighted by Crippen LogP contribution is -2.37. The molecule has 0 spiro atoms. The van der Waals surface area contributed by atoms with Crippen LogP contribution in [0.25, 0.3) is 0 Å². The third-order valence-corrected chi connectivity index (χ3v) is 4.21. The Labute approximate surface area is 107 Å². The van der Waals surface area contributed by atoms with Crippen LogP contribution in [-0.4, -0.2) is 17.1 Å². The summed E-state index contributed by atoms with van der Waals surface area (Å²) in [5, 5.41) is 12.4. The highest BCUT2D eigenvalue weighted by Crippen LogP contribution is 2.23. The van der Waals surface area contributed by atoms with E-state index in [2.05, 4.69) is 33.0 Å². The Morgan fingerprint density at radius 3 is 2.53 bits per heavy atom. The van der Waals surface area contributed by atoms with Gasteiger partial charge in [0.1, 0.15) is 4.88 Å². The van der Waals surface area contributed by atoms with E-state index in [0.717, 1.165) is 17.0 Å². The summed E-state index contributed by atoms with van der Waals surface area (Å²) in [6, 6.07) is 2.15. The monoisotopic (exact) mass is 255 g/mol. The van der Waals surface area contributed by atoms with Crippen molar-refractivity contribution in [2.75, 3.05) is 0 Å². The van der Waals surface area contributed by atoms with Crippen molar-refractivity contribution in [3.05, 3.63) is 21.4 Å². The van der Waals surface area contributed by atoms with Gasteiger partial charge in [-0.2, -0.15) is 0 Å². The smallest absolute Gasteiger partial charge is 0.345 e. The maximum atomic E-state index is 10.9. The van der Waals surface area contributed by atoms with Crippen molar-refractivity contribution in [2.24, 2.45) is 5.41 Å². The summed E-state index contributed by atoms with van der Waals surface area (Å²) in [5.41, 5.74) is 1.29. The van der Waals surface area contributed by atoms with Gasteiger partial charge in [-0.05, 0) is 30.9 Å². The molecule has 1 atom stereocenters. The van der Waals surface area contributed by atoms with Crippen LogP contribution in [0.3, 0.4) is 0 Å². The van der Waals surface area contributed by atoms with Crippen molar-refractivity contribution < 1.29 is 9.90 Å². The second-order valence-electron chi connectivity index (χ2n) is 5.47. The summed E-state index contributed by atoms with van der Waals surface area (Å²) in [6.45, 7) is 11.4. The minimum Gasteiger partial charge on any atom is -0.477 e. The van der Waals surface area contributed by atoms with Crippen LogP contribution in [-0.2, 0) is 6.54 Å². The Bertz CT molecular complexity index is 404. The van der Waals surface area contributed by atoms with Gasteiger partial charge in [0, 0.05) is 17.5 Å². The average molecular weight is 255 g/mol. The van der Waals surface area contributed by atoms with Crippen molar-refractivity contribution in [3.8, 4) is 0 Å². The normalized spacial score (nSPS) is 13.7. The van der Waals surface area contributed by atoms with Gasteiger partial charge in [-0.25, -0.2) is 4.79 Å². The first kappa shape index (κ1) is 14.2. The van der Waals surface area contributed by atoms with E-state index in [-0.39, 0.29) is 5.41 Å². The number of thiophene rings is 1. The fourth-order valence-corrected chi connectivity index (χ4v) is 2.25. The number of aryl methyl sites for hydroxylation is 1. The predicted molar refractivity (Wildman–Crippen MR) is 71.8 cm³/mol. The zero-order chi connectivity index (χ0) is 13.2. The van der Waals surface area contributed by atoms with E-state index in [0.29, 0.717) is 10.9 Å². The van der Waals surface area contributed by atoms with Gasteiger partial charge < -0.3 is 10.4 Å². The van der Waals surface area contributed by atoms with E-state index < -0.39 is 5.97 Å². The molecule has 2 N–H and O–H groups in total. The van der Waals surface area contributed by atoms with E-state index in [1.54, 1.807) is 6.07 Å². The van der Waals surface area contributed by atoms with E-state index in [1.807, 2.05) is 6.92 Å². The molecule has 3 nitrogen and oxygen atoms in total. The van der Waals surface area contributed by atoms with Gasteiger partial charge in [0.2, 0.25) is 0 Å². The van der Waals surface area contributed by atoms with Gasteiger partial charge >= 0.3 is 5.97 Å². The lowest BCUT2D eigenvalue weighted by Gasteiger charge is -2.28. The zero-order valence-electron chi connectivity index (χ0n) is 11.1. The second kappa shape index (κ2) is 5.19. The highest BCUT2D eigenvalue weighted by atomic mass is 32.1. The number of nitrogens with one attached hydrogen (secondary N) is 1. The fraction of sp³-hybridized carbons (Fsp3) is 0.615. The maximum absolute atomic E-state index is 10.9. The molecule has 0 aliphatic heterocycles. The third-order valence-electron chi connectivity index (χ3n) is 3.13. The average Bonchev–Trinajstić information content (AvgIpc) is 2.55. The molecule has 0 aromatic carbocycles. The van der Waals surface area contributed by atoms with E-state index in [9.17, 15) is 4.79 Å². The molecule has 1 unspecified atom stereocenters. The maximum Gasteiger partial charge on any atom is 0.345 e. The summed E-state index contributed by atoms with van der Waals surface area (Å²) in [4.78, 5) is 12.4. The van der Waals surface area contributed by atoms with Gasteiger partial charge in [0.05, 0.1) is 0 Å². The van der Waals surface area contributed by atoms with E-state index in [1.165, 1.54) is 11.3 Å². The lowest BCUT2D eigenvalue weighted by atomic mass is 9.88. The third kappa shape index (κ3) is 3.82. The number of carbonyl (C=O) groups is 1. The molecule has 1 aromatic heterocycles. The van der Waals surface area contributed by atoms with E-state index in [4.69, 9.17) is 5.11 Å². The van der Waals surface area contributed by atoms with Gasteiger partial charge in [-0.15, -0.1) is 11.3 Å². The molecule has 96 valence electrons. The van der Waals surface area contributed by atoms with Crippen LogP contribution in [0.2, 0.25) is 0 Å². The molecule has 0 fully saturated rings. The summed E-state index contributed by atoms with van der Waals surface area (Å²) < 4.78 is 0. The molecule has 0 saturated carbocycles. The molecule has 0 aliphatic rings. The molecule has 0 bridgehead atoms. The first-order valence-corrected chi connectivity index (χ1v) is 6.59. The van der Waals surface area contributed by atoms with Crippen molar-refractivity contribution in [1.29, 1.82) is 0 Å². The summed E-state index contributed by atoms with van der Waals surface area (Å²) >= 11 is 1.34. The van der Waals surface area contributed by atoms with Crippen LogP contribution in [0, 0.1) is 12.3 Å². The van der Waals surface area contributed by atoms with Gasteiger partial charge in [-0.1, -0.05) is 20.8 Å². The summed E-state index contributed by atoms with van der Waals surface area (Å²) in [7, 11) is 0. The van der Waals surface area contributed by atoms with Gasteiger partial charge in [-0.3, -0.25) is 0 Å². The van der Waals surface area contributed by atoms with Crippen LogP contribution < -0.4 is 5.32 Å². The Morgan fingerprint density at radius 2 is 2.12 bits per heavy atom. The summed E-state index contributed by atoms with van der Waals surface area (Å²) in [6.07, 6.45) is 0. The van der Waals surface area contributed by atoms with Crippen molar-refractivity contribution in [3.63, 3.8) is 0 Å². The molecule has 0 saturated heterocycles. The molecule has 1 aromatic rings. The number of carboxylic acids is 1. The van der Waals surface area contributed by atoms with Crippen LogP contribution in [0.4, 0.5) is 0 Å². The van der Waals surface area contributed by atoms with E-state index >= 15 is 0 Å². The molecule has 0 radical (unpaired) electrons. The number of aromatic carboxylic acids is 1. The van der Waals surface area contributed by atoms with Gasteiger partial charge in [0.25, 0.3) is 0 Å². The number of rotatable bonds is 4. The minimum absolute atomic E-state index is 0.208. The van der Waals surface area contributed by atoms with Crippen LogP contribution in [0.1, 0.15) is 47.8 Å². The van der Waals surface area contributed by atoms with Crippen molar-refractivity contribution >= 4 is 17.3 Å². The van der Waals surface area contributed by atoms with Gasteiger partial charge in [0.15, 0.2) is 0 Å². The SMILES string of the molecule is Cc1sc(C(=O)O)cc1CNC(C)C(C)(C)C. The molecular formula is C13H21NO2S. The predicted octanol–water partition coefficient (Wildman–Crippen LogP) is 3.28. The molecule has 4 heteroatoms. The largest absolute Gasteiger partial charge is 0.477 e. The molecule has 17 heavy (non-hydrogen) atoms. The van der Waals surface area contributed by atoms with Crippen molar-refractivity contribution in [1.82, 2.24) is 5.32 Å². The minimum atomic E-state index is -0.840. The first-order chi connectivity index (χ1) is 7.71.